The Morgan fingerprint density at radius 2 is 1.44 bits per heavy atom. The van der Waals surface area contributed by atoms with Crippen molar-refractivity contribution in [3.05, 3.63) is 58.2 Å². The Morgan fingerprint density at radius 3 is 2.07 bits per heavy atom. The highest BCUT2D eigenvalue weighted by Gasteiger charge is 2.27. The topological polar surface area (TPSA) is 132 Å². The summed E-state index contributed by atoms with van der Waals surface area (Å²) in [5.41, 5.74) is 4.92. The molecule has 61 heavy (non-hydrogen) atoms. The molecule has 2 aromatic rings. The number of methoxy groups -OCH3 is 1. The average molecular weight is 890 g/mol. The van der Waals surface area contributed by atoms with Crippen LogP contribution in [0.2, 0.25) is 0 Å². The fraction of sp³-hybridized carbons (Fsp3) is 0.660. The van der Waals surface area contributed by atoms with E-state index in [2.05, 4.69) is 52.1 Å². The third-order valence-electron chi connectivity index (χ3n) is 10.8. The number of ether oxygens (including phenoxy) is 4. The molecule has 0 aromatic heterocycles. The minimum absolute atomic E-state index is 0. The zero-order valence-electron chi connectivity index (χ0n) is 39.4. The van der Waals surface area contributed by atoms with Crippen molar-refractivity contribution in [2.24, 2.45) is 11.8 Å². The maximum absolute atomic E-state index is 12.9. The van der Waals surface area contributed by atoms with Crippen LogP contribution in [0.5, 0.6) is 23.0 Å². The first-order valence-electron chi connectivity index (χ1n) is 22.9. The van der Waals surface area contributed by atoms with Gasteiger partial charge in [0.15, 0.2) is 11.5 Å². The van der Waals surface area contributed by atoms with E-state index in [-0.39, 0.29) is 36.4 Å². The van der Waals surface area contributed by atoms with Gasteiger partial charge in [0.05, 0.1) is 13.2 Å². The van der Waals surface area contributed by atoms with Crippen molar-refractivity contribution >= 4 is 39.4 Å². The van der Waals surface area contributed by atoms with Gasteiger partial charge < -0.3 is 29.7 Å². The van der Waals surface area contributed by atoms with Crippen molar-refractivity contribution < 1.29 is 40.2 Å². The summed E-state index contributed by atoms with van der Waals surface area (Å²) in [5.74, 6) is 2.99. The number of hydrogen-bond donors (Lipinski definition) is 1. The normalized spacial score (nSPS) is 13.2. The van der Waals surface area contributed by atoms with Crippen LogP contribution >= 0.6 is 21.6 Å². The lowest BCUT2D eigenvalue weighted by molar-refractivity contribution is -0.132. The summed E-state index contributed by atoms with van der Waals surface area (Å²) < 4.78 is 23.5. The van der Waals surface area contributed by atoms with E-state index >= 15 is 0 Å². The summed E-state index contributed by atoms with van der Waals surface area (Å²) >= 11 is 0. The fourth-order valence-electron chi connectivity index (χ4n) is 7.25. The molecule has 2 aromatic carbocycles. The smallest absolute Gasteiger partial charge is 0.322 e. The Bertz CT molecular complexity index is 1620. The van der Waals surface area contributed by atoms with Gasteiger partial charge in [-0.1, -0.05) is 139 Å². The standard InChI is InChI=1S/C48H73NO7S2.C2H6.H2O.H2/c1-34(2)22-18-14-12-10-9-11-13-15-20-24-40-27-28-41-38(7)47(36(5)37(6)48(41)54-40)56-46(52)33-58-57-32-45(51)55-42-29-26-39(30-43(42)53-8)31-49-44(50)25-21-17-16-19-23-35(3)4;1-2;;/h19,23,26,29-30,34-35,40H,9-18,20-22,24-25,27-28,31-33H2,1-8H3,(H,49,50);1-2H3;1H2;1H/b23-19+;;;/t40-;;;/m1.../s1. The summed E-state index contributed by atoms with van der Waals surface area (Å²) in [5, 5.41) is 2.95. The van der Waals surface area contributed by atoms with Gasteiger partial charge in [0.1, 0.15) is 23.0 Å². The summed E-state index contributed by atoms with van der Waals surface area (Å²) in [7, 11) is 4.01. The second kappa shape index (κ2) is 32.5. The second-order valence-electron chi connectivity index (χ2n) is 16.6. The third-order valence-corrected chi connectivity index (χ3v) is 12.8. The number of esters is 2. The van der Waals surface area contributed by atoms with Gasteiger partial charge in [-0.3, -0.25) is 14.4 Å². The van der Waals surface area contributed by atoms with Gasteiger partial charge in [-0.2, -0.15) is 0 Å². The van der Waals surface area contributed by atoms with E-state index < -0.39 is 5.97 Å². The van der Waals surface area contributed by atoms with Crippen LogP contribution in [0.3, 0.4) is 0 Å². The molecular formula is C50H83NO8S2. The van der Waals surface area contributed by atoms with E-state index in [1.807, 2.05) is 27.7 Å². The van der Waals surface area contributed by atoms with Crippen LogP contribution in [0.4, 0.5) is 0 Å². The molecule has 0 bridgehead atoms. The first kappa shape index (κ1) is 55.9. The Labute approximate surface area is 379 Å². The number of hydrogen-bond acceptors (Lipinski definition) is 9. The van der Waals surface area contributed by atoms with Crippen molar-refractivity contribution in [1.29, 1.82) is 0 Å². The van der Waals surface area contributed by atoms with Crippen LogP contribution in [0, 0.1) is 32.6 Å². The highest BCUT2D eigenvalue weighted by Crippen LogP contribution is 2.42. The minimum Gasteiger partial charge on any atom is -0.493 e. The first-order chi connectivity index (χ1) is 28.9. The lowest BCUT2D eigenvalue weighted by atomic mass is 9.90. The second-order valence-corrected chi connectivity index (χ2v) is 19.1. The zero-order valence-corrected chi connectivity index (χ0v) is 41.1. The molecule has 1 amide bonds. The molecule has 1 heterocycles. The minimum atomic E-state index is -0.456. The molecule has 0 aliphatic carbocycles. The molecule has 1 aliphatic heterocycles. The van der Waals surface area contributed by atoms with E-state index in [4.69, 9.17) is 18.9 Å². The van der Waals surface area contributed by atoms with Crippen LogP contribution < -0.4 is 24.3 Å². The Hall–Kier alpha value is -3.15. The third kappa shape index (κ3) is 22.2. The van der Waals surface area contributed by atoms with Crippen molar-refractivity contribution in [3.63, 3.8) is 0 Å². The molecule has 0 saturated carbocycles. The van der Waals surface area contributed by atoms with Gasteiger partial charge in [0.25, 0.3) is 0 Å². The van der Waals surface area contributed by atoms with Crippen LogP contribution in [0.1, 0.15) is 174 Å². The molecule has 11 heteroatoms. The number of carbonyl (C=O) groups excluding carboxylic acids is 3. The maximum atomic E-state index is 12.9. The summed E-state index contributed by atoms with van der Waals surface area (Å²) in [6, 6.07) is 5.23. The summed E-state index contributed by atoms with van der Waals surface area (Å²) in [4.78, 5) is 37.9. The highest BCUT2D eigenvalue weighted by molar-refractivity contribution is 8.77. The number of allylic oxidation sites excluding steroid dienone is 2. The number of benzene rings is 2. The van der Waals surface area contributed by atoms with Gasteiger partial charge in [-0.15, -0.1) is 0 Å². The number of fused-ring (bicyclic) bond motifs is 1. The van der Waals surface area contributed by atoms with Crippen LogP contribution in [-0.4, -0.2) is 48.0 Å². The van der Waals surface area contributed by atoms with Gasteiger partial charge >= 0.3 is 11.9 Å². The van der Waals surface area contributed by atoms with E-state index in [1.54, 1.807) is 18.2 Å². The molecule has 3 rings (SSSR count). The predicted molar refractivity (Wildman–Crippen MR) is 260 cm³/mol. The van der Waals surface area contributed by atoms with E-state index in [0.717, 1.165) is 78.0 Å². The number of nitrogens with one attached hydrogen (secondary N) is 1. The van der Waals surface area contributed by atoms with Crippen molar-refractivity contribution in [2.45, 2.75) is 184 Å². The predicted octanol–water partition coefficient (Wildman–Crippen LogP) is 13.0. The van der Waals surface area contributed by atoms with Crippen molar-refractivity contribution in [1.82, 2.24) is 5.32 Å². The monoisotopic (exact) mass is 890 g/mol. The molecule has 1 atom stereocenters. The summed E-state index contributed by atoms with van der Waals surface area (Å²) in [6.07, 6.45) is 24.3. The fourth-order valence-corrected chi connectivity index (χ4v) is 8.81. The quantitative estimate of drug-likeness (QED) is 0.0291. The molecule has 348 valence electrons. The number of amides is 1. The molecule has 1 aliphatic rings. The Kier molecular flexibility index (Phi) is 29.8. The van der Waals surface area contributed by atoms with Crippen LogP contribution in [0.15, 0.2) is 30.4 Å². The van der Waals surface area contributed by atoms with Crippen molar-refractivity contribution in [3.8, 4) is 23.0 Å². The van der Waals surface area contributed by atoms with Gasteiger partial charge in [-0.05, 0) is 112 Å². The van der Waals surface area contributed by atoms with E-state index in [1.165, 1.54) is 92.9 Å². The first-order valence-corrected chi connectivity index (χ1v) is 25.4. The van der Waals surface area contributed by atoms with Gasteiger partial charge in [-0.25, -0.2) is 0 Å². The molecule has 0 radical (unpaired) electrons. The lowest BCUT2D eigenvalue weighted by Crippen LogP contribution is -2.25. The van der Waals surface area contributed by atoms with Crippen molar-refractivity contribution in [2.75, 3.05) is 18.6 Å². The van der Waals surface area contributed by atoms with Crippen LogP contribution in [-0.2, 0) is 27.3 Å². The molecule has 0 fully saturated rings. The summed E-state index contributed by atoms with van der Waals surface area (Å²) in [6.45, 7) is 19.4. The Balaban J connectivity index is 0.00000916. The molecule has 9 nitrogen and oxygen atoms in total. The molecule has 0 spiro atoms. The highest BCUT2D eigenvalue weighted by atomic mass is 33.1. The van der Waals surface area contributed by atoms with Gasteiger partial charge in [0, 0.05) is 20.0 Å². The number of unbranched alkanes of at least 4 members (excludes halogenated alkanes) is 10. The average Bonchev–Trinajstić information content (AvgIpc) is 3.23. The molecular weight excluding hydrogens is 807 g/mol. The molecule has 0 saturated heterocycles. The zero-order chi connectivity index (χ0) is 44.3. The van der Waals surface area contributed by atoms with Crippen LogP contribution in [0.25, 0.3) is 0 Å². The largest absolute Gasteiger partial charge is 0.493 e. The lowest BCUT2D eigenvalue weighted by Gasteiger charge is -2.30. The number of rotatable bonds is 28. The van der Waals surface area contributed by atoms with E-state index in [0.29, 0.717) is 36.1 Å². The van der Waals surface area contributed by atoms with Gasteiger partial charge in [0.2, 0.25) is 5.91 Å². The number of carbonyl (C=O) groups is 3. The molecule has 3 N–H and O–H groups in total. The SMILES string of the molecule is CC.COc1cc(CNC(=O)CCCC/C=C/C(C)C)ccc1OC(=O)CSSCC(=O)Oc1c(C)c(C)c2c(c1C)CC[C@@H](CCCCCCCCCCCC(C)C)O2.O.[HH]. The Morgan fingerprint density at radius 1 is 0.820 bits per heavy atom. The molecule has 0 unspecified atom stereocenters. The maximum Gasteiger partial charge on any atom is 0.322 e. The van der Waals surface area contributed by atoms with E-state index in [9.17, 15) is 14.4 Å².